The molecular weight excluding hydrogens is 468 g/mol. The number of pyridine rings is 1. The van der Waals surface area contributed by atoms with Crippen LogP contribution < -0.4 is 15.4 Å². The number of fused-ring (bicyclic) bond motifs is 1. The third-order valence-electron chi connectivity index (χ3n) is 5.69. The van der Waals surface area contributed by atoms with Crippen LogP contribution in [0.25, 0.3) is 28.2 Å². The molecule has 37 heavy (non-hydrogen) atoms. The van der Waals surface area contributed by atoms with E-state index in [-0.39, 0.29) is 11.9 Å². The second-order valence-corrected chi connectivity index (χ2v) is 8.24. The molecule has 5 rings (SSSR count). The number of likely N-dealkylation sites (N-methyl/N-ethyl adjacent to an activating group) is 1. The SMILES string of the molecule is CCN[C@H](CNC(=O)c1ccnc(-c2cnn3ccc(-c4ccccc4)nc23)c1)COc1ncccn1. The molecule has 0 unspecified atom stereocenters. The van der Waals surface area contributed by atoms with Crippen molar-refractivity contribution in [2.45, 2.75) is 13.0 Å². The summed E-state index contributed by atoms with van der Waals surface area (Å²) >= 11 is 0. The maximum Gasteiger partial charge on any atom is 0.316 e. The van der Waals surface area contributed by atoms with Gasteiger partial charge in [-0.2, -0.15) is 5.10 Å². The number of hydrogen-bond donors (Lipinski definition) is 2. The monoisotopic (exact) mass is 494 g/mol. The Morgan fingerprint density at radius 1 is 1.00 bits per heavy atom. The number of benzene rings is 1. The molecule has 1 aromatic carbocycles. The van der Waals surface area contributed by atoms with E-state index in [0.29, 0.717) is 36.1 Å². The molecule has 1 amide bonds. The second-order valence-electron chi connectivity index (χ2n) is 8.24. The normalized spacial score (nSPS) is 11.8. The summed E-state index contributed by atoms with van der Waals surface area (Å²) in [6.45, 7) is 3.41. The standard InChI is InChI=1S/C27H26N8O2/c1-2-28-21(18-37-27-30-11-6-12-31-27)16-32-26(36)20-9-13-29-24(15-20)22-17-33-35-14-10-23(34-25(22)35)19-7-4-3-5-8-19/h3-15,17,21,28H,2,16,18H2,1H3,(H,32,36)/t21-/m1/s1. The number of carbonyl (C=O) groups is 1. The van der Waals surface area contributed by atoms with E-state index in [0.717, 1.165) is 23.4 Å². The minimum Gasteiger partial charge on any atom is -0.462 e. The van der Waals surface area contributed by atoms with Crippen molar-refractivity contribution in [3.8, 4) is 28.5 Å². The zero-order valence-electron chi connectivity index (χ0n) is 20.3. The van der Waals surface area contributed by atoms with E-state index < -0.39 is 0 Å². The Balaban J connectivity index is 1.30. The van der Waals surface area contributed by atoms with Crippen LogP contribution in [0.5, 0.6) is 6.01 Å². The number of nitrogens with zero attached hydrogens (tertiary/aromatic N) is 6. The van der Waals surface area contributed by atoms with Gasteiger partial charge < -0.3 is 15.4 Å². The first-order valence-electron chi connectivity index (χ1n) is 12.0. The zero-order valence-corrected chi connectivity index (χ0v) is 20.3. The lowest BCUT2D eigenvalue weighted by Crippen LogP contribution is -2.44. The van der Waals surface area contributed by atoms with Gasteiger partial charge in [0.1, 0.15) is 6.61 Å². The molecule has 0 aliphatic rings. The maximum atomic E-state index is 13.0. The highest BCUT2D eigenvalue weighted by Crippen LogP contribution is 2.25. The van der Waals surface area contributed by atoms with E-state index in [1.165, 1.54) is 0 Å². The summed E-state index contributed by atoms with van der Waals surface area (Å²) in [6.07, 6.45) is 8.44. The molecule has 10 nitrogen and oxygen atoms in total. The summed E-state index contributed by atoms with van der Waals surface area (Å²) in [5.41, 5.74) is 4.37. The Morgan fingerprint density at radius 3 is 2.65 bits per heavy atom. The average Bonchev–Trinajstić information content (AvgIpc) is 3.39. The van der Waals surface area contributed by atoms with Crippen molar-refractivity contribution in [1.29, 1.82) is 0 Å². The third kappa shape index (κ3) is 5.76. The van der Waals surface area contributed by atoms with Crippen molar-refractivity contribution >= 4 is 11.6 Å². The van der Waals surface area contributed by atoms with Crippen LogP contribution in [-0.4, -0.2) is 61.2 Å². The predicted octanol–water partition coefficient (Wildman–Crippen LogP) is 3.04. The highest BCUT2D eigenvalue weighted by Gasteiger charge is 2.16. The lowest BCUT2D eigenvalue weighted by molar-refractivity contribution is 0.0945. The highest BCUT2D eigenvalue weighted by atomic mass is 16.5. The fourth-order valence-corrected chi connectivity index (χ4v) is 3.87. The van der Waals surface area contributed by atoms with E-state index in [9.17, 15) is 4.79 Å². The van der Waals surface area contributed by atoms with E-state index in [2.05, 4.69) is 30.7 Å². The first kappa shape index (κ1) is 24.0. The minimum absolute atomic E-state index is 0.112. The molecule has 0 saturated heterocycles. The van der Waals surface area contributed by atoms with E-state index >= 15 is 0 Å². The van der Waals surface area contributed by atoms with Gasteiger partial charge in [0, 0.05) is 42.5 Å². The van der Waals surface area contributed by atoms with Crippen LogP contribution in [0.15, 0.2) is 85.6 Å². The topological polar surface area (TPSA) is 119 Å². The van der Waals surface area contributed by atoms with Crippen molar-refractivity contribution in [3.05, 3.63) is 91.1 Å². The highest BCUT2D eigenvalue weighted by molar-refractivity contribution is 5.95. The van der Waals surface area contributed by atoms with E-state index in [1.54, 1.807) is 47.5 Å². The number of aromatic nitrogens is 6. The van der Waals surface area contributed by atoms with Gasteiger partial charge in [0.15, 0.2) is 5.65 Å². The Bertz CT molecular complexity index is 1470. The molecule has 0 radical (unpaired) electrons. The smallest absolute Gasteiger partial charge is 0.316 e. The maximum absolute atomic E-state index is 13.0. The Hall–Kier alpha value is -4.70. The van der Waals surface area contributed by atoms with Gasteiger partial charge in [-0.3, -0.25) is 9.78 Å². The molecule has 0 saturated carbocycles. The first-order valence-corrected chi connectivity index (χ1v) is 12.0. The Labute approximate surface area is 213 Å². The Kier molecular flexibility index (Phi) is 7.37. The van der Waals surface area contributed by atoms with Gasteiger partial charge >= 0.3 is 6.01 Å². The van der Waals surface area contributed by atoms with Gasteiger partial charge in [0.25, 0.3) is 5.91 Å². The molecule has 1 atom stereocenters. The fourth-order valence-electron chi connectivity index (χ4n) is 3.87. The lowest BCUT2D eigenvalue weighted by atomic mass is 10.1. The van der Waals surface area contributed by atoms with Crippen LogP contribution in [0.1, 0.15) is 17.3 Å². The van der Waals surface area contributed by atoms with Crippen LogP contribution in [0.2, 0.25) is 0 Å². The molecule has 4 heterocycles. The van der Waals surface area contributed by atoms with Crippen LogP contribution in [0.4, 0.5) is 0 Å². The molecule has 5 aromatic rings. The molecule has 0 fully saturated rings. The van der Waals surface area contributed by atoms with Crippen LogP contribution in [-0.2, 0) is 0 Å². The number of rotatable bonds is 10. The number of hydrogen-bond acceptors (Lipinski definition) is 8. The molecule has 0 bridgehead atoms. The van der Waals surface area contributed by atoms with Crippen molar-refractivity contribution in [2.24, 2.45) is 0 Å². The number of ether oxygens (including phenoxy) is 1. The molecule has 4 aromatic heterocycles. The van der Waals surface area contributed by atoms with Gasteiger partial charge in [-0.1, -0.05) is 37.3 Å². The lowest BCUT2D eigenvalue weighted by Gasteiger charge is -2.18. The van der Waals surface area contributed by atoms with Crippen LogP contribution in [0, 0.1) is 0 Å². The molecule has 10 heteroatoms. The first-order chi connectivity index (χ1) is 18.2. The largest absolute Gasteiger partial charge is 0.462 e. The number of amides is 1. The molecule has 0 aliphatic heterocycles. The molecule has 0 spiro atoms. The summed E-state index contributed by atoms with van der Waals surface area (Å²) in [5.74, 6) is -0.211. The Morgan fingerprint density at radius 2 is 1.84 bits per heavy atom. The van der Waals surface area contributed by atoms with Crippen molar-refractivity contribution < 1.29 is 9.53 Å². The van der Waals surface area contributed by atoms with Gasteiger partial charge in [-0.15, -0.1) is 0 Å². The van der Waals surface area contributed by atoms with E-state index in [1.807, 2.05) is 49.5 Å². The molecule has 186 valence electrons. The summed E-state index contributed by atoms with van der Waals surface area (Å²) in [5, 5.41) is 10.7. The van der Waals surface area contributed by atoms with Gasteiger partial charge in [-0.05, 0) is 30.8 Å². The second kappa shape index (κ2) is 11.4. The molecular formula is C27H26N8O2. The summed E-state index contributed by atoms with van der Waals surface area (Å²) in [6, 6.07) is 17.2. The predicted molar refractivity (Wildman–Crippen MR) is 139 cm³/mol. The summed E-state index contributed by atoms with van der Waals surface area (Å²) in [7, 11) is 0. The summed E-state index contributed by atoms with van der Waals surface area (Å²) in [4.78, 5) is 30.4. The average molecular weight is 495 g/mol. The quantitative estimate of drug-likeness (QED) is 0.304. The molecule has 0 aliphatic carbocycles. The van der Waals surface area contributed by atoms with Crippen LogP contribution in [0.3, 0.4) is 0 Å². The number of carbonyl (C=O) groups excluding carboxylic acids is 1. The van der Waals surface area contributed by atoms with E-state index in [4.69, 9.17) is 9.72 Å². The zero-order chi connectivity index (χ0) is 25.5. The van der Waals surface area contributed by atoms with Gasteiger partial charge in [-0.25, -0.2) is 19.5 Å². The van der Waals surface area contributed by atoms with Gasteiger partial charge in [0.2, 0.25) is 0 Å². The van der Waals surface area contributed by atoms with Crippen LogP contribution >= 0.6 is 0 Å². The van der Waals surface area contributed by atoms with Gasteiger partial charge in [0.05, 0.1) is 29.2 Å². The molecule has 2 N–H and O–H groups in total. The number of nitrogens with one attached hydrogen (secondary N) is 2. The van der Waals surface area contributed by atoms with Crippen molar-refractivity contribution in [2.75, 3.05) is 19.7 Å². The van der Waals surface area contributed by atoms with Crippen molar-refractivity contribution in [1.82, 2.24) is 40.2 Å². The minimum atomic E-state index is -0.211. The fraction of sp³-hybridized carbons (Fsp3) is 0.185. The summed E-state index contributed by atoms with van der Waals surface area (Å²) < 4.78 is 7.35. The van der Waals surface area contributed by atoms with Crippen molar-refractivity contribution in [3.63, 3.8) is 0 Å². The third-order valence-corrected chi connectivity index (χ3v) is 5.69.